The first-order valence-corrected chi connectivity index (χ1v) is 10.3. The number of rotatable bonds is 9. The second-order valence-corrected chi connectivity index (χ2v) is 7.30. The molecule has 2 aromatic rings. The quantitative estimate of drug-likeness (QED) is 0.534. The molecule has 3 rings (SSSR count). The van der Waals surface area contributed by atoms with Gasteiger partial charge in [0.2, 0.25) is 5.91 Å². The number of halogens is 1. The second-order valence-electron chi connectivity index (χ2n) is 7.30. The molecule has 0 spiro atoms. The minimum atomic E-state index is -0.364. The van der Waals surface area contributed by atoms with Crippen molar-refractivity contribution >= 4 is 24.2 Å². The van der Waals surface area contributed by atoms with E-state index in [1.54, 1.807) is 12.1 Å². The van der Waals surface area contributed by atoms with Gasteiger partial charge in [0.25, 0.3) is 5.91 Å². The van der Waals surface area contributed by atoms with Gasteiger partial charge in [0, 0.05) is 38.3 Å². The predicted octanol–water partition coefficient (Wildman–Crippen LogP) is 2.38. The Hall–Kier alpha value is -2.41. The molecule has 7 heteroatoms. The zero-order valence-electron chi connectivity index (χ0n) is 17.2. The zero-order chi connectivity index (χ0) is 20.3. The molecule has 0 aliphatic carbocycles. The number of hydrogen-bond acceptors (Lipinski definition) is 4. The Labute approximate surface area is 184 Å². The molecule has 1 heterocycles. The van der Waals surface area contributed by atoms with E-state index in [2.05, 4.69) is 20.9 Å². The monoisotopic (exact) mass is 430 g/mol. The number of amides is 2. The number of nitrogens with zero attached hydrogens (tertiary/aromatic N) is 1. The van der Waals surface area contributed by atoms with E-state index in [0.29, 0.717) is 12.1 Å². The highest BCUT2D eigenvalue weighted by Gasteiger charge is 2.19. The van der Waals surface area contributed by atoms with Crippen LogP contribution in [0.2, 0.25) is 0 Å². The van der Waals surface area contributed by atoms with E-state index in [9.17, 15) is 9.59 Å². The van der Waals surface area contributed by atoms with Crippen LogP contribution >= 0.6 is 12.4 Å². The van der Waals surface area contributed by atoms with Crippen LogP contribution in [0.3, 0.4) is 0 Å². The fourth-order valence-electron chi connectivity index (χ4n) is 3.49. The van der Waals surface area contributed by atoms with E-state index in [1.807, 2.05) is 48.5 Å². The maximum Gasteiger partial charge on any atom is 0.251 e. The highest BCUT2D eigenvalue weighted by atomic mass is 35.5. The smallest absolute Gasteiger partial charge is 0.251 e. The molecule has 6 nitrogen and oxygen atoms in total. The Morgan fingerprint density at radius 1 is 0.967 bits per heavy atom. The summed E-state index contributed by atoms with van der Waals surface area (Å²) in [5.41, 5.74) is 1.51. The van der Waals surface area contributed by atoms with Crippen molar-refractivity contribution in [2.45, 2.75) is 18.9 Å². The van der Waals surface area contributed by atoms with Gasteiger partial charge in [-0.15, -0.1) is 12.4 Å². The van der Waals surface area contributed by atoms with Crippen LogP contribution in [0, 0.1) is 0 Å². The van der Waals surface area contributed by atoms with Crippen LogP contribution < -0.4 is 16.0 Å². The molecular weight excluding hydrogens is 400 g/mol. The molecule has 1 atom stereocenters. The summed E-state index contributed by atoms with van der Waals surface area (Å²) in [6.07, 6.45) is 1.15. The topological polar surface area (TPSA) is 73.5 Å². The third kappa shape index (κ3) is 7.78. The minimum Gasteiger partial charge on any atom is -0.356 e. The van der Waals surface area contributed by atoms with Crippen molar-refractivity contribution in [2.24, 2.45) is 0 Å². The molecule has 162 valence electrons. The van der Waals surface area contributed by atoms with Crippen molar-refractivity contribution in [1.29, 1.82) is 0 Å². The van der Waals surface area contributed by atoms with Crippen molar-refractivity contribution in [1.82, 2.24) is 20.9 Å². The van der Waals surface area contributed by atoms with Crippen LogP contribution in [0.15, 0.2) is 60.7 Å². The number of carbonyl (C=O) groups excluding carboxylic acids is 2. The van der Waals surface area contributed by atoms with Gasteiger partial charge < -0.3 is 20.9 Å². The molecule has 1 aliphatic rings. The number of nitrogens with one attached hydrogen (secondary N) is 3. The average Bonchev–Trinajstić information content (AvgIpc) is 2.78. The molecule has 0 saturated carbocycles. The molecule has 2 amide bonds. The first kappa shape index (κ1) is 23.9. The lowest BCUT2D eigenvalue weighted by Gasteiger charge is -2.27. The van der Waals surface area contributed by atoms with E-state index in [-0.39, 0.29) is 36.7 Å². The van der Waals surface area contributed by atoms with Gasteiger partial charge in [-0.2, -0.15) is 0 Å². The molecule has 3 N–H and O–H groups in total. The standard InChI is InChI=1S/C23H30N4O2.ClH/c28-22(25-12-7-15-27-16-13-24-14-17-27)18-21(19-8-3-1-4-9-19)26-23(29)20-10-5-2-6-11-20;/h1-6,8-11,21,24H,7,12-18H2,(H,25,28)(H,26,29);1H. The van der Waals surface area contributed by atoms with Crippen LogP contribution in [0.1, 0.15) is 34.8 Å². The molecule has 30 heavy (non-hydrogen) atoms. The second kappa shape index (κ2) is 13.0. The molecule has 0 radical (unpaired) electrons. The van der Waals surface area contributed by atoms with Crippen LogP contribution in [0.5, 0.6) is 0 Å². The fraction of sp³-hybridized carbons (Fsp3) is 0.391. The summed E-state index contributed by atoms with van der Waals surface area (Å²) in [5, 5.41) is 9.35. The fourth-order valence-corrected chi connectivity index (χ4v) is 3.49. The lowest BCUT2D eigenvalue weighted by atomic mass is 10.0. The third-order valence-electron chi connectivity index (χ3n) is 5.12. The molecule has 0 aromatic heterocycles. The first-order valence-electron chi connectivity index (χ1n) is 10.3. The van der Waals surface area contributed by atoms with E-state index < -0.39 is 0 Å². The van der Waals surface area contributed by atoms with Gasteiger partial charge in [-0.25, -0.2) is 0 Å². The van der Waals surface area contributed by atoms with Crippen LogP contribution in [-0.2, 0) is 4.79 Å². The van der Waals surface area contributed by atoms with Gasteiger partial charge in [0.15, 0.2) is 0 Å². The number of hydrogen-bond donors (Lipinski definition) is 3. The number of carbonyl (C=O) groups is 2. The predicted molar refractivity (Wildman–Crippen MR) is 122 cm³/mol. The lowest BCUT2D eigenvalue weighted by Crippen LogP contribution is -2.44. The summed E-state index contributed by atoms with van der Waals surface area (Å²) >= 11 is 0. The maximum absolute atomic E-state index is 12.6. The molecule has 2 aromatic carbocycles. The normalized spacial score (nSPS) is 14.9. The summed E-state index contributed by atoms with van der Waals surface area (Å²) < 4.78 is 0. The Balaban J connectivity index is 0.00000320. The first-order chi connectivity index (χ1) is 14.2. The van der Waals surface area contributed by atoms with E-state index in [1.165, 1.54) is 0 Å². The lowest BCUT2D eigenvalue weighted by molar-refractivity contribution is -0.121. The Kier molecular flexibility index (Phi) is 10.3. The molecule has 1 saturated heterocycles. The summed E-state index contributed by atoms with van der Waals surface area (Å²) in [7, 11) is 0. The zero-order valence-corrected chi connectivity index (χ0v) is 18.0. The largest absolute Gasteiger partial charge is 0.356 e. The molecular formula is C23H31ClN4O2. The molecule has 0 bridgehead atoms. The van der Waals surface area contributed by atoms with Gasteiger partial charge in [0.1, 0.15) is 0 Å². The Bertz CT molecular complexity index is 767. The van der Waals surface area contributed by atoms with Crippen molar-refractivity contribution in [3.05, 3.63) is 71.8 Å². The summed E-state index contributed by atoms with van der Waals surface area (Å²) in [6, 6.07) is 18.4. The van der Waals surface area contributed by atoms with E-state index in [0.717, 1.165) is 44.7 Å². The SMILES string of the molecule is Cl.O=C(CC(NC(=O)c1ccccc1)c1ccccc1)NCCCN1CCNCC1. The maximum atomic E-state index is 12.6. The van der Waals surface area contributed by atoms with Crippen molar-refractivity contribution in [3.63, 3.8) is 0 Å². The molecule has 1 fully saturated rings. The van der Waals surface area contributed by atoms with Crippen molar-refractivity contribution < 1.29 is 9.59 Å². The summed E-state index contributed by atoms with van der Waals surface area (Å²) in [4.78, 5) is 27.5. The van der Waals surface area contributed by atoms with E-state index in [4.69, 9.17) is 0 Å². The van der Waals surface area contributed by atoms with Crippen molar-refractivity contribution in [3.8, 4) is 0 Å². The number of benzene rings is 2. The van der Waals surface area contributed by atoms with Crippen LogP contribution in [0.4, 0.5) is 0 Å². The third-order valence-corrected chi connectivity index (χ3v) is 5.12. The molecule has 1 unspecified atom stereocenters. The highest BCUT2D eigenvalue weighted by Crippen LogP contribution is 2.17. The number of piperazine rings is 1. The summed E-state index contributed by atoms with van der Waals surface area (Å²) in [6.45, 7) is 5.84. The van der Waals surface area contributed by atoms with Gasteiger partial charge in [0.05, 0.1) is 12.5 Å². The van der Waals surface area contributed by atoms with Gasteiger partial charge >= 0.3 is 0 Å². The van der Waals surface area contributed by atoms with E-state index >= 15 is 0 Å². The van der Waals surface area contributed by atoms with Gasteiger partial charge in [-0.3, -0.25) is 9.59 Å². The average molecular weight is 431 g/mol. The van der Waals surface area contributed by atoms with Crippen molar-refractivity contribution in [2.75, 3.05) is 39.3 Å². The van der Waals surface area contributed by atoms with Gasteiger partial charge in [-0.05, 0) is 30.7 Å². The highest BCUT2D eigenvalue weighted by molar-refractivity contribution is 5.94. The minimum absolute atomic E-state index is 0. The van der Waals surface area contributed by atoms with Crippen LogP contribution in [-0.4, -0.2) is 56.0 Å². The Morgan fingerprint density at radius 3 is 2.27 bits per heavy atom. The molecule has 1 aliphatic heterocycles. The van der Waals surface area contributed by atoms with Crippen LogP contribution in [0.25, 0.3) is 0 Å². The Morgan fingerprint density at radius 2 is 1.60 bits per heavy atom. The summed E-state index contributed by atoms with van der Waals surface area (Å²) in [5.74, 6) is -0.224. The van der Waals surface area contributed by atoms with Gasteiger partial charge in [-0.1, -0.05) is 48.5 Å².